The molecule has 84 valence electrons. The highest BCUT2D eigenvalue weighted by molar-refractivity contribution is 7.07. The highest BCUT2D eigenvalue weighted by Crippen LogP contribution is 2.23. The summed E-state index contributed by atoms with van der Waals surface area (Å²) >= 11 is 1.24. The molecule has 2 N–H and O–H groups in total. The Bertz CT molecular complexity index is 349. The Balaban J connectivity index is 1.76. The third-order valence-electron chi connectivity index (χ3n) is 3.17. The van der Waals surface area contributed by atoms with E-state index >= 15 is 0 Å². The first-order valence-electron chi connectivity index (χ1n) is 5.64. The standard InChI is InChI=1S/C11H18N2OS/c1-8-2-4-9(5-3-8)12-6-10-7-15-11(14)13-10/h7-9,12H,2-6H2,1H3,(H,13,14). The van der Waals surface area contributed by atoms with Crippen molar-refractivity contribution in [1.82, 2.24) is 10.3 Å². The van der Waals surface area contributed by atoms with Crippen LogP contribution in [0.1, 0.15) is 38.3 Å². The van der Waals surface area contributed by atoms with Crippen LogP contribution in [0.15, 0.2) is 10.2 Å². The normalized spacial score (nSPS) is 26.7. The Kier molecular flexibility index (Phi) is 3.59. The van der Waals surface area contributed by atoms with Crippen LogP contribution in [0, 0.1) is 5.92 Å². The fraction of sp³-hybridized carbons (Fsp3) is 0.727. The lowest BCUT2D eigenvalue weighted by atomic mass is 9.87. The van der Waals surface area contributed by atoms with Gasteiger partial charge in [0.15, 0.2) is 0 Å². The van der Waals surface area contributed by atoms with E-state index in [1.807, 2.05) is 5.38 Å². The lowest BCUT2D eigenvalue weighted by Gasteiger charge is -2.26. The van der Waals surface area contributed by atoms with Gasteiger partial charge in [-0.1, -0.05) is 18.3 Å². The Labute approximate surface area is 93.9 Å². The van der Waals surface area contributed by atoms with Crippen LogP contribution in [-0.4, -0.2) is 11.0 Å². The van der Waals surface area contributed by atoms with Crippen LogP contribution < -0.4 is 10.2 Å². The first kappa shape index (κ1) is 10.9. The maximum Gasteiger partial charge on any atom is 0.304 e. The van der Waals surface area contributed by atoms with Gasteiger partial charge in [-0.15, -0.1) is 0 Å². The molecule has 0 atom stereocenters. The summed E-state index contributed by atoms with van der Waals surface area (Å²) in [4.78, 5) is 13.8. The number of aromatic amines is 1. The minimum Gasteiger partial charge on any atom is -0.315 e. The molecule has 1 saturated carbocycles. The predicted octanol–water partition coefficient (Wildman–Crippen LogP) is 2.10. The van der Waals surface area contributed by atoms with Gasteiger partial charge in [-0.3, -0.25) is 4.79 Å². The van der Waals surface area contributed by atoms with E-state index in [9.17, 15) is 4.79 Å². The van der Waals surface area contributed by atoms with E-state index in [2.05, 4.69) is 17.2 Å². The zero-order valence-corrected chi connectivity index (χ0v) is 9.90. The number of hydrogen-bond acceptors (Lipinski definition) is 3. The number of thiazole rings is 1. The Morgan fingerprint density at radius 1 is 1.47 bits per heavy atom. The van der Waals surface area contributed by atoms with Gasteiger partial charge in [0, 0.05) is 23.7 Å². The van der Waals surface area contributed by atoms with Gasteiger partial charge in [-0.05, 0) is 31.6 Å². The molecule has 0 spiro atoms. The molecule has 1 aliphatic carbocycles. The first-order valence-corrected chi connectivity index (χ1v) is 6.52. The molecule has 1 aliphatic rings. The molecule has 0 aromatic carbocycles. The zero-order valence-electron chi connectivity index (χ0n) is 9.08. The molecule has 2 rings (SSSR count). The number of aromatic nitrogens is 1. The monoisotopic (exact) mass is 226 g/mol. The van der Waals surface area contributed by atoms with Gasteiger partial charge < -0.3 is 10.3 Å². The van der Waals surface area contributed by atoms with Crippen molar-refractivity contribution in [3.05, 3.63) is 20.7 Å². The number of rotatable bonds is 3. The van der Waals surface area contributed by atoms with E-state index < -0.39 is 0 Å². The molecule has 0 bridgehead atoms. The maximum absolute atomic E-state index is 10.9. The van der Waals surface area contributed by atoms with Gasteiger partial charge in [0.05, 0.1) is 0 Å². The van der Waals surface area contributed by atoms with E-state index in [4.69, 9.17) is 0 Å². The third-order valence-corrected chi connectivity index (χ3v) is 3.89. The van der Waals surface area contributed by atoms with E-state index in [0.717, 1.165) is 18.2 Å². The number of H-pyrrole nitrogens is 1. The van der Waals surface area contributed by atoms with Gasteiger partial charge in [0.2, 0.25) is 0 Å². The quantitative estimate of drug-likeness (QED) is 0.829. The summed E-state index contributed by atoms with van der Waals surface area (Å²) in [5.41, 5.74) is 1.02. The molecule has 1 fully saturated rings. The summed E-state index contributed by atoms with van der Waals surface area (Å²) < 4.78 is 0. The summed E-state index contributed by atoms with van der Waals surface area (Å²) in [6.07, 6.45) is 5.21. The van der Waals surface area contributed by atoms with Gasteiger partial charge in [0.1, 0.15) is 0 Å². The topological polar surface area (TPSA) is 44.9 Å². The van der Waals surface area contributed by atoms with Crippen molar-refractivity contribution in [1.29, 1.82) is 0 Å². The van der Waals surface area contributed by atoms with Gasteiger partial charge >= 0.3 is 4.87 Å². The second-order valence-corrected chi connectivity index (χ2v) is 5.35. The van der Waals surface area contributed by atoms with E-state index in [1.54, 1.807) is 0 Å². The van der Waals surface area contributed by atoms with E-state index in [0.29, 0.717) is 6.04 Å². The van der Waals surface area contributed by atoms with E-state index in [-0.39, 0.29) is 4.87 Å². The van der Waals surface area contributed by atoms with Crippen molar-refractivity contribution in [3.8, 4) is 0 Å². The molecule has 0 unspecified atom stereocenters. The summed E-state index contributed by atoms with van der Waals surface area (Å²) in [5, 5.41) is 5.41. The van der Waals surface area contributed by atoms with Crippen LogP contribution >= 0.6 is 11.3 Å². The summed E-state index contributed by atoms with van der Waals surface area (Å²) in [6.45, 7) is 3.13. The summed E-state index contributed by atoms with van der Waals surface area (Å²) in [7, 11) is 0. The van der Waals surface area contributed by atoms with Crippen LogP contribution in [-0.2, 0) is 6.54 Å². The first-order chi connectivity index (χ1) is 7.24. The fourth-order valence-corrected chi connectivity index (χ4v) is 2.70. The minimum absolute atomic E-state index is 0.0454. The van der Waals surface area contributed by atoms with Crippen molar-refractivity contribution in [3.63, 3.8) is 0 Å². The average molecular weight is 226 g/mol. The van der Waals surface area contributed by atoms with Crippen molar-refractivity contribution in [2.45, 2.75) is 45.2 Å². The largest absolute Gasteiger partial charge is 0.315 e. The van der Waals surface area contributed by atoms with Crippen LogP contribution in [0.3, 0.4) is 0 Å². The molecule has 0 radical (unpaired) electrons. The van der Waals surface area contributed by atoms with Crippen molar-refractivity contribution in [2.24, 2.45) is 5.92 Å². The Morgan fingerprint density at radius 3 is 2.80 bits per heavy atom. The van der Waals surface area contributed by atoms with Gasteiger partial charge in [0.25, 0.3) is 0 Å². The fourth-order valence-electron chi connectivity index (χ4n) is 2.12. The molecule has 0 aliphatic heterocycles. The molecular weight excluding hydrogens is 208 g/mol. The molecule has 1 aromatic rings. The van der Waals surface area contributed by atoms with Crippen molar-refractivity contribution < 1.29 is 0 Å². The Hall–Kier alpha value is -0.610. The smallest absolute Gasteiger partial charge is 0.304 e. The molecule has 1 heterocycles. The average Bonchev–Trinajstić information content (AvgIpc) is 2.64. The van der Waals surface area contributed by atoms with Crippen molar-refractivity contribution >= 4 is 11.3 Å². The minimum atomic E-state index is 0.0454. The second-order valence-electron chi connectivity index (χ2n) is 4.51. The van der Waals surface area contributed by atoms with Crippen LogP contribution in [0.5, 0.6) is 0 Å². The number of hydrogen-bond donors (Lipinski definition) is 2. The SMILES string of the molecule is CC1CCC(NCc2csc(=O)[nH]2)CC1. The Morgan fingerprint density at radius 2 is 2.20 bits per heavy atom. The predicted molar refractivity (Wildman–Crippen MR) is 63.2 cm³/mol. The molecule has 0 saturated heterocycles. The molecule has 1 aromatic heterocycles. The lowest BCUT2D eigenvalue weighted by molar-refractivity contribution is 0.306. The van der Waals surface area contributed by atoms with Gasteiger partial charge in [-0.2, -0.15) is 0 Å². The molecule has 3 nitrogen and oxygen atoms in total. The molecule has 15 heavy (non-hydrogen) atoms. The molecule has 4 heteroatoms. The highest BCUT2D eigenvalue weighted by atomic mass is 32.1. The number of nitrogens with one attached hydrogen (secondary N) is 2. The third kappa shape index (κ3) is 3.18. The van der Waals surface area contributed by atoms with Crippen LogP contribution in [0.2, 0.25) is 0 Å². The molecule has 0 amide bonds. The summed E-state index contributed by atoms with van der Waals surface area (Å²) in [6, 6.07) is 0.643. The van der Waals surface area contributed by atoms with Crippen molar-refractivity contribution in [2.75, 3.05) is 0 Å². The lowest BCUT2D eigenvalue weighted by Crippen LogP contribution is -2.32. The summed E-state index contributed by atoms with van der Waals surface area (Å²) in [5.74, 6) is 0.893. The van der Waals surface area contributed by atoms with Gasteiger partial charge in [-0.25, -0.2) is 0 Å². The van der Waals surface area contributed by atoms with E-state index in [1.165, 1.54) is 37.0 Å². The van der Waals surface area contributed by atoms with Crippen LogP contribution in [0.4, 0.5) is 0 Å². The van der Waals surface area contributed by atoms with Crippen LogP contribution in [0.25, 0.3) is 0 Å². The highest BCUT2D eigenvalue weighted by Gasteiger charge is 2.17. The second kappa shape index (κ2) is 4.94. The zero-order chi connectivity index (χ0) is 10.7. The maximum atomic E-state index is 10.9. The molecular formula is C11H18N2OS.